The van der Waals surface area contributed by atoms with E-state index in [4.69, 9.17) is 4.74 Å². The van der Waals surface area contributed by atoms with Crippen molar-refractivity contribution >= 4 is 5.97 Å². The predicted octanol–water partition coefficient (Wildman–Crippen LogP) is 2.52. The van der Waals surface area contributed by atoms with Crippen LogP contribution < -0.4 is 0 Å². The van der Waals surface area contributed by atoms with Gasteiger partial charge in [-0.25, -0.2) is 0 Å². The molecule has 3 heteroatoms. The van der Waals surface area contributed by atoms with E-state index in [0.29, 0.717) is 30.8 Å². The van der Waals surface area contributed by atoms with E-state index in [-0.39, 0.29) is 12.1 Å². The van der Waals surface area contributed by atoms with Gasteiger partial charge < -0.3 is 9.84 Å². The summed E-state index contributed by atoms with van der Waals surface area (Å²) in [6, 6.07) is 0. The van der Waals surface area contributed by atoms with E-state index in [0.717, 1.165) is 25.7 Å². The fourth-order valence-electron chi connectivity index (χ4n) is 3.76. The Labute approximate surface area is 104 Å². The molecule has 2 saturated carbocycles. The van der Waals surface area contributed by atoms with Crippen LogP contribution in [-0.2, 0) is 9.53 Å². The first-order chi connectivity index (χ1) is 8.20. The third-order valence-corrected chi connectivity index (χ3v) is 4.50. The molecule has 98 valence electrons. The Balaban J connectivity index is 1.91. The van der Waals surface area contributed by atoms with Gasteiger partial charge in [0.25, 0.3) is 0 Å². The molecule has 0 aliphatic heterocycles. The van der Waals surface area contributed by atoms with Crippen LogP contribution in [0.25, 0.3) is 0 Å². The molecule has 4 unspecified atom stereocenters. The highest BCUT2D eigenvalue weighted by Gasteiger charge is 2.38. The van der Waals surface area contributed by atoms with Crippen molar-refractivity contribution in [2.24, 2.45) is 17.8 Å². The monoisotopic (exact) mass is 240 g/mol. The standard InChI is InChI=1S/C14H24O3/c1-2-17-14(16)9-11-5-3-4-10-8-12(15)6-7-13(10)11/h10-13,15H,2-9H2,1H3. The number of aliphatic hydroxyl groups excluding tert-OH is 1. The summed E-state index contributed by atoms with van der Waals surface area (Å²) < 4.78 is 5.06. The molecule has 17 heavy (non-hydrogen) atoms. The van der Waals surface area contributed by atoms with Gasteiger partial charge in [0.1, 0.15) is 0 Å². The minimum Gasteiger partial charge on any atom is -0.466 e. The Bertz CT molecular complexity index is 264. The molecule has 0 saturated heterocycles. The molecule has 0 bridgehead atoms. The van der Waals surface area contributed by atoms with Crippen molar-refractivity contribution in [3.05, 3.63) is 0 Å². The van der Waals surface area contributed by atoms with E-state index in [1.165, 1.54) is 12.8 Å². The molecule has 0 aromatic heterocycles. The second kappa shape index (κ2) is 5.85. The molecule has 1 N–H and O–H groups in total. The lowest BCUT2D eigenvalue weighted by molar-refractivity contribution is -0.145. The maximum atomic E-state index is 11.6. The molecule has 0 heterocycles. The maximum absolute atomic E-state index is 11.6. The van der Waals surface area contributed by atoms with Crippen molar-refractivity contribution in [2.45, 2.75) is 58.0 Å². The minimum absolute atomic E-state index is 0.0377. The topological polar surface area (TPSA) is 46.5 Å². The highest BCUT2D eigenvalue weighted by Crippen LogP contribution is 2.45. The first-order valence-corrected chi connectivity index (χ1v) is 7.04. The molecule has 4 atom stereocenters. The lowest BCUT2D eigenvalue weighted by Gasteiger charge is -2.42. The summed E-state index contributed by atoms with van der Waals surface area (Å²) in [7, 11) is 0. The van der Waals surface area contributed by atoms with Gasteiger partial charge in [0, 0.05) is 6.42 Å². The molecular weight excluding hydrogens is 216 g/mol. The number of rotatable bonds is 3. The summed E-state index contributed by atoms with van der Waals surface area (Å²) in [5.41, 5.74) is 0. The van der Waals surface area contributed by atoms with E-state index in [2.05, 4.69) is 0 Å². The fraction of sp³-hybridized carbons (Fsp3) is 0.929. The molecule has 0 radical (unpaired) electrons. The van der Waals surface area contributed by atoms with Crippen molar-refractivity contribution < 1.29 is 14.6 Å². The first-order valence-electron chi connectivity index (χ1n) is 7.04. The maximum Gasteiger partial charge on any atom is 0.306 e. The number of esters is 1. The predicted molar refractivity (Wildman–Crippen MR) is 65.4 cm³/mol. The Kier molecular flexibility index (Phi) is 4.43. The van der Waals surface area contributed by atoms with Gasteiger partial charge in [0.2, 0.25) is 0 Å². The molecular formula is C14H24O3. The lowest BCUT2D eigenvalue weighted by atomic mass is 9.64. The average molecular weight is 240 g/mol. The molecule has 0 amide bonds. The van der Waals surface area contributed by atoms with E-state index in [9.17, 15) is 9.90 Å². The normalized spacial score (nSPS) is 37.3. The van der Waals surface area contributed by atoms with Crippen LogP contribution in [-0.4, -0.2) is 23.8 Å². The Morgan fingerprint density at radius 1 is 1.29 bits per heavy atom. The lowest BCUT2D eigenvalue weighted by Crippen LogP contribution is -2.36. The van der Waals surface area contributed by atoms with Crippen molar-refractivity contribution in [3.8, 4) is 0 Å². The van der Waals surface area contributed by atoms with Crippen LogP contribution in [0.5, 0.6) is 0 Å². The van der Waals surface area contributed by atoms with Crippen LogP contribution in [0.2, 0.25) is 0 Å². The molecule has 0 aromatic rings. The summed E-state index contributed by atoms with van der Waals surface area (Å²) in [5, 5.41) is 9.71. The van der Waals surface area contributed by atoms with Gasteiger partial charge in [-0.05, 0) is 50.4 Å². The summed E-state index contributed by atoms with van der Waals surface area (Å²) in [4.78, 5) is 11.6. The number of carbonyl (C=O) groups is 1. The van der Waals surface area contributed by atoms with Gasteiger partial charge in [-0.1, -0.05) is 12.8 Å². The zero-order valence-electron chi connectivity index (χ0n) is 10.7. The zero-order valence-corrected chi connectivity index (χ0v) is 10.7. The van der Waals surface area contributed by atoms with Gasteiger partial charge in [0.15, 0.2) is 0 Å². The van der Waals surface area contributed by atoms with Crippen LogP contribution in [0.4, 0.5) is 0 Å². The summed E-state index contributed by atoms with van der Waals surface area (Å²) in [6.07, 6.45) is 7.05. The number of aliphatic hydroxyl groups is 1. The van der Waals surface area contributed by atoms with Crippen LogP contribution >= 0.6 is 0 Å². The van der Waals surface area contributed by atoms with Crippen molar-refractivity contribution in [2.75, 3.05) is 6.61 Å². The van der Waals surface area contributed by atoms with Gasteiger partial charge in [-0.2, -0.15) is 0 Å². The number of carbonyl (C=O) groups excluding carboxylic acids is 1. The third kappa shape index (κ3) is 3.21. The SMILES string of the molecule is CCOC(=O)CC1CCCC2CC(O)CCC12. The smallest absolute Gasteiger partial charge is 0.306 e. The van der Waals surface area contributed by atoms with Crippen LogP contribution in [0, 0.1) is 17.8 Å². The van der Waals surface area contributed by atoms with E-state index in [1.807, 2.05) is 6.92 Å². The number of hydrogen-bond donors (Lipinski definition) is 1. The van der Waals surface area contributed by atoms with E-state index in [1.54, 1.807) is 0 Å². The third-order valence-electron chi connectivity index (χ3n) is 4.50. The fourth-order valence-corrected chi connectivity index (χ4v) is 3.76. The van der Waals surface area contributed by atoms with Crippen LogP contribution in [0.15, 0.2) is 0 Å². The van der Waals surface area contributed by atoms with Crippen molar-refractivity contribution in [1.82, 2.24) is 0 Å². The molecule has 3 nitrogen and oxygen atoms in total. The van der Waals surface area contributed by atoms with E-state index >= 15 is 0 Å². The first kappa shape index (κ1) is 12.9. The number of hydrogen-bond acceptors (Lipinski definition) is 3. The Morgan fingerprint density at radius 2 is 2.12 bits per heavy atom. The molecule has 0 aromatic carbocycles. The van der Waals surface area contributed by atoms with Crippen molar-refractivity contribution in [1.29, 1.82) is 0 Å². The minimum atomic E-state index is -0.0995. The van der Waals surface area contributed by atoms with Gasteiger partial charge in [-0.3, -0.25) is 4.79 Å². The van der Waals surface area contributed by atoms with Crippen molar-refractivity contribution in [3.63, 3.8) is 0 Å². The summed E-state index contributed by atoms with van der Waals surface area (Å²) in [6.45, 7) is 2.34. The number of fused-ring (bicyclic) bond motifs is 1. The van der Waals surface area contributed by atoms with Crippen LogP contribution in [0.1, 0.15) is 51.9 Å². The molecule has 2 aliphatic rings. The quantitative estimate of drug-likeness (QED) is 0.771. The Morgan fingerprint density at radius 3 is 2.88 bits per heavy atom. The Hall–Kier alpha value is -0.570. The zero-order chi connectivity index (χ0) is 12.3. The highest BCUT2D eigenvalue weighted by molar-refractivity contribution is 5.69. The van der Waals surface area contributed by atoms with Crippen LogP contribution in [0.3, 0.4) is 0 Å². The van der Waals surface area contributed by atoms with E-state index < -0.39 is 0 Å². The molecule has 2 fully saturated rings. The number of ether oxygens (including phenoxy) is 1. The second-order valence-electron chi connectivity index (χ2n) is 5.59. The molecule has 0 spiro atoms. The van der Waals surface area contributed by atoms with Gasteiger partial charge in [0.05, 0.1) is 12.7 Å². The summed E-state index contributed by atoms with van der Waals surface area (Å²) >= 11 is 0. The second-order valence-corrected chi connectivity index (χ2v) is 5.59. The molecule has 2 aliphatic carbocycles. The largest absolute Gasteiger partial charge is 0.466 e. The van der Waals surface area contributed by atoms with Gasteiger partial charge >= 0.3 is 5.97 Å². The molecule has 2 rings (SSSR count). The summed E-state index contributed by atoms with van der Waals surface area (Å²) in [5.74, 6) is 1.76. The highest BCUT2D eigenvalue weighted by atomic mass is 16.5. The van der Waals surface area contributed by atoms with Gasteiger partial charge in [-0.15, -0.1) is 0 Å². The average Bonchev–Trinajstić information content (AvgIpc) is 2.29.